The molecule has 3 heteroatoms. The summed E-state index contributed by atoms with van der Waals surface area (Å²) < 4.78 is 0. The van der Waals surface area contributed by atoms with Gasteiger partial charge >= 0.3 is 0 Å². The monoisotopic (exact) mass is 242 g/mol. The number of rotatable bonds is 1. The van der Waals surface area contributed by atoms with Crippen LogP contribution in [0.25, 0.3) is 10.9 Å². The number of piperidine rings is 3. The van der Waals surface area contributed by atoms with Crippen molar-refractivity contribution in [3.05, 3.63) is 36.0 Å². The van der Waals surface area contributed by atoms with E-state index in [4.69, 9.17) is 0 Å². The maximum atomic E-state index is 11.0. The Morgan fingerprint density at radius 1 is 1.22 bits per heavy atom. The Morgan fingerprint density at radius 2 is 2.00 bits per heavy atom. The molecule has 94 valence electrons. The summed E-state index contributed by atoms with van der Waals surface area (Å²) in [5, 5.41) is 12.2. The largest absolute Gasteiger partial charge is 0.370 e. The molecule has 0 radical (unpaired) electrons. The van der Waals surface area contributed by atoms with E-state index < -0.39 is 5.72 Å². The van der Waals surface area contributed by atoms with Crippen molar-refractivity contribution in [3.63, 3.8) is 0 Å². The zero-order chi connectivity index (χ0) is 12.2. The van der Waals surface area contributed by atoms with Gasteiger partial charge in [0.1, 0.15) is 0 Å². The van der Waals surface area contributed by atoms with Gasteiger partial charge in [0, 0.05) is 18.6 Å². The molecule has 4 heterocycles. The van der Waals surface area contributed by atoms with Gasteiger partial charge in [-0.25, -0.2) is 0 Å². The fraction of sp³-hybridized carbons (Fsp3) is 0.467. The SMILES string of the molecule is OC1(c2cc3ccccc3[nH]2)CC2CCN1CC2. The Morgan fingerprint density at radius 3 is 2.67 bits per heavy atom. The third-order valence-corrected chi connectivity index (χ3v) is 4.67. The number of aromatic amines is 1. The highest BCUT2D eigenvalue weighted by molar-refractivity contribution is 5.80. The molecule has 2 aromatic rings. The van der Waals surface area contributed by atoms with Crippen LogP contribution in [0.3, 0.4) is 0 Å². The van der Waals surface area contributed by atoms with E-state index in [2.05, 4.69) is 28.1 Å². The minimum Gasteiger partial charge on any atom is -0.370 e. The molecule has 0 aliphatic carbocycles. The van der Waals surface area contributed by atoms with Gasteiger partial charge in [0.2, 0.25) is 0 Å². The van der Waals surface area contributed by atoms with Crippen LogP contribution in [0.15, 0.2) is 30.3 Å². The molecule has 3 aliphatic rings. The number of nitrogens with zero attached hydrogens (tertiary/aromatic N) is 1. The number of aromatic nitrogens is 1. The van der Waals surface area contributed by atoms with Gasteiger partial charge in [0.05, 0.1) is 5.69 Å². The first-order valence-corrected chi connectivity index (χ1v) is 6.81. The van der Waals surface area contributed by atoms with Gasteiger partial charge < -0.3 is 10.1 Å². The van der Waals surface area contributed by atoms with Gasteiger partial charge in [-0.1, -0.05) is 18.2 Å². The highest BCUT2D eigenvalue weighted by atomic mass is 16.3. The van der Waals surface area contributed by atoms with Crippen LogP contribution in [0.1, 0.15) is 25.0 Å². The fourth-order valence-corrected chi connectivity index (χ4v) is 3.61. The molecule has 1 aromatic heterocycles. The topological polar surface area (TPSA) is 39.3 Å². The molecule has 3 saturated heterocycles. The zero-order valence-corrected chi connectivity index (χ0v) is 10.4. The Balaban J connectivity index is 1.81. The predicted octanol–water partition coefficient (Wildman–Crippen LogP) is 2.43. The van der Waals surface area contributed by atoms with Crippen LogP contribution in [0.2, 0.25) is 0 Å². The zero-order valence-electron chi connectivity index (χ0n) is 10.4. The number of H-pyrrole nitrogens is 1. The van der Waals surface area contributed by atoms with Gasteiger partial charge in [0.15, 0.2) is 5.72 Å². The lowest BCUT2D eigenvalue weighted by molar-refractivity contribution is -0.182. The summed E-state index contributed by atoms with van der Waals surface area (Å²) in [5.74, 6) is 0.686. The lowest BCUT2D eigenvalue weighted by atomic mass is 9.80. The van der Waals surface area contributed by atoms with E-state index >= 15 is 0 Å². The molecular weight excluding hydrogens is 224 g/mol. The summed E-state index contributed by atoms with van der Waals surface area (Å²) in [5.41, 5.74) is 1.32. The second kappa shape index (κ2) is 3.59. The van der Waals surface area contributed by atoms with Crippen LogP contribution >= 0.6 is 0 Å². The van der Waals surface area contributed by atoms with Crippen molar-refractivity contribution < 1.29 is 5.11 Å². The first-order valence-electron chi connectivity index (χ1n) is 6.81. The van der Waals surface area contributed by atoms with Crippen molar-refractivity contribution >= 4 is 10.9 Å². The van der Waals surface area contributed by atoms with Gasteiger partial charge in [-0.2, -0.15) is 0 Å². The number of aliphatic hydroxyl groups is 1. The number of para-hydroxylation sites is 1. The van der Waals surface area contributed by atoms with E-state index in [1.165, 1.54) is 18.2 Å². The minimum atomic E-state index is -0.764. The summed E-state index contributed by atoms with van der Waals surface area (Å²) in [4.78, 5) is 5.63. The highest BCUT2D eigenvalue weighted by Crippen LogP contribution is 2.43. The van der Waals surface area contributed by atoms with Crippen LogP contribution < -0.4 is 0 Å². The van der Waals surface area contributed by atoms with E-state index in [0.717, 1.165) is 30.7 Å². The molecule has 18 heavy (non-hydrogen) atoms. The van der Waals surface area contributed by atoms with E-state index in [0.29, 0.717) is 5.92 Å². The van der Waals surface area contributed by atoms with Gasteiger partial charge in [-0.05, 0) is 42.7 Å². The summed E-state index contributed by atoms with van der Waals surface area (Å²) >= 11 is 0. The number of fused-ring (bicyclic) bond motifs is 4. The molecule has 0 saturated carbocycles. The van der Waals surface area contributed by atoms with Crippen LogP contribution in [-0.2, 0) is 5.72 Å². The first kappa shape index (κ1) is 10.6. The quantitative estimate of drug-likeness (QED) is 0.806. The Labute approximate surface area is 106 Å². The molecule has 3 aliphatic heterocycles. The molecular formula is C15H18N2O. The summed E-state index contributed by atoms with van der Waals surface area (Å²) in [6.45, 7) is 2.05. The molecule has 3 fully saturated rings. The third kappa shape index (κ3) is 1.38. The van der Waals surface area contributed by atoms with Crippen molar-refractivity contribution in [2.75, 3.05) is 13.1 Å². The van der Waals surface area contributed by atoms with Crippen LogP contribution in [0.4, 0.5) is 0 Å². The molecule has 1 atom stereocenters. The van der Waals surface area contributed by atoms with Crippen molar-refractivity contribution in [2.24, 2.45) is 5.92 Å². The van der Waals surface area contributed by atoms with Crippen LogP contribution in [0.5, 0.6) is 0 Å². The Kier molecular flexibility index (Phi) is 2.11. The number of nitrogens with one attached hydrogen (secondary N) is 1. The third-order valence-electron chi connectivity index (χ3n) is 4.67. The van der Waals surface area contributed by atoms with Crippen molar-refractivity contribution in [2.45, 2.75) is 25.0 Å². The highest BCUT2D eigenvalue weighted by Gasteiger charge is 2.46. The molecule has 2 bridgehead atoms. The maximum absolute atomic E-state index is 11.0. The summed E-state index contributed by atoms with van der Waals surface area (Å²) in [6.07, 6.45) is 3.35. The smallest absolute Gasteiger partial charge is 0.159 e. The lowest BCUT2D eigenvalue weighted by Crippen LogP contribution is -2.56. The lowest BCUT2D eigenvalue weighted by Gasteiger charge is -2.50. The van der Waals surface area contributed by atoms with Crippen molar-refractivity contribution in [1.82, 2.24) is 9.88 Å². The summed E-state index contributed by atoms with van der Waals surface area (Å²) in [6, 6.07) is 10.3. The molecule has 1 unspecified atom stereocenters. The van der Waals surface area contributed by atoms with Crippen LogP contribution in [-0.4, -0.2) is 28.1 Å². The Bertz CT molecular complexity index is 550. The van der Waals surface area contributed by atoms with Gasteiger partial charge in [0.25, 0.3) is 0 Å². The number of hydrogen-bond acceptors (Lipinski definition) is 2. The fourth-order valence-electron chi connectivity index (χ4n) is 3.61. The van der Waals surface area contributed by atoms with Crippen molar-refractivity contribution in [1.29, 1.82) is 0 Å². The number of benzene rings is 1. The van der Waals surface area contributed by atoms with Crippen LogP contribution in [0, 0.1) is 5.92 Å². The average molecular weight is 242 g/mol. The van der Waals surface area contributed by atoms with Crippen molar-refractivity contribution in [3.8, 4) is 0 Å². The second-order valence-corrected chi connectivity index (χ2v) is 5.72. The van der Waals surface area contributed by atoms with E-state index in [9.17, 15) is 5.11 Å². The second-order valence-electron chi connectivity index (χ2n) is 5.72. The Hall–Kier alpha value is -1.32. The minimum absolute atomic E-state index is 0.686. The number of hydrogen-bond donors (Lipinski definition) is 2. The standard InChI is InChI=1S/C15H18N2O/c18-15(10-11-5-7-17(15)8-6-11)14-9-12-3-1-2-4-13(12)16-14/h1-4,9,11,16,18H,5-8,10H2. The average Bonchev–Trinajstić information content (AvgIpc) is 2.84. The maximum Gasteiger partial charge on any atom is 0.159 e. The van der Waals surface area contributed by atoms with E-state index in [1.54, 1.807) is 0 Å². The molecule has 3 nitrogen and oxygen atoms in total. The first-order chi connectivity index (χ1) is 8.75. The molecule has 0 amide bonds. The molecule has 2 N–H and O–H groups in total. The summed E-state index contributed by atoms with van der Waals surface area (Å²) in [7, 11) is 0. The molecule has 0 spiro atoms. The van der Waals surface area contributed by atoms with E-state index in [-0.39, 0.29) is 0 Å². The molecule has 5 rings (SSSR count). The predicted molar refractivity (Wildman–Crippen MR) is 71.1 cm³/mol. The normalized spacial score (nSPS) is 35.2. The molecule has 1 aromatic carbocycles. The van der Waals surface area contributed by atoms with Gasteiger partial charge in [-0.3, -0.25) is 4.90 Å². The van der Waals surface area contributed by atoms with E-state index in [1.807, 2.05) is 12.1 Å². The van der Waals surface area contributed by atoms with Gasteiger partial charge in [-0.15, -0.1) is 0 Å².